The maximum absolute atomic E-state index is 11.0. The van der Waals surface area contributed by atoms with Crippen molar-refractivity contribution in [2.45, 2.75) is 19.8 Å². The van der Waals surface area contributed by atoms with Gasteiger partial charge in [-0.25, -0.2) is 0 Å². The molecule has 1 unspecified atom stereocenters. The van der Waals surface area contributed by atoms with Crippen LogP contribution in [-0.4, -0.2) is 24.5 Å². The van der Waals surface area contributed by atoms with Gasteiger partial charge in [-0.3, -0.25) is 9.78 Å². The second-order valence-electron chi connectivity index (χ2n) is 4.62. The third-order valence-corrected chi connectivity index (χ3v) is 3.17. The van der Waals surface area contributed by atoms with Gasteiger partial charge in [-0.15, -0.1) is 0 Å². The van der Waals surface area contributed by atoms with E-state index in [2.05, 4.69) is 17.2 Å². The molecule has 1 amide bonds. The van der Waals surface area contributed by atoms with Crippen LogP contribution in [0.5, 0.6) is 5.75 Å². The highest BCUT2D eigenvalue weighted by atomic mass is 16.5. The van der Waals surface area contributed by atoms with E-state index < -0.39 is 0 Å². The molecule has 1 atom stereocenters. The quantitative estimate of drug-likeness (QED) is 0.916. The Labute approximate surface area is 112 Å². The average Bonchev–Trinajstić information content (AvgIpc) is 2.43. The molecule has 2 rings (SSSR count). The monoisotopic (exact) mass is 258 g/mol. The zero-order valence-electron chi connectivity index (χ0n) is 11.4. The first-order valence-corrected chi connectivity index (χ1v) is 6.29. The molecular weight excluding hydrogens is 240 g/mol. The number of fused-ring (bicyclic) bond motifs is 1. The SMILES string of the molecule is COc1ccc2nccc(C(C)CNC(C)=O)c2c1. The molecule has 0 aliphatic rings. The smallest absolute Gasteiger partial charge is 0.216 e. The lowest BCUT2D eigenvalue weighted by Crippen LogP contribution is -2.24. The molecule has 0 saturated carbocycles. The molecule has 19 heavy (non-hydrogen) atoms. The molecule has 0 radical (unpaired) electrons. The molecule has 100 valence electrons. The number of amides is 1. The summed E-state index contributed by atoms with van der Waals surface area (Å²) in [5.41, 5.74) is 2.10. The van der Waals surface area contributed by atoms with Crippen LogP contribution in [-0.2, 0) is 4.79 Å². The summed E-state index contributed by atoms with van der Waals surface area (Å²) in [5, 5.41) is 3.92. The Morgan fingerprint density at radius 3 is 2.89 bits per heavy atom. The van der Waals surface area contributed by atoms with Crippen LogP contribution < -0.4 is 10.1 Å². The largest absolute Gasteiger partial charge is 0.497 e. The van der Waals surface area contributed by atoms with Crippen LogP contribution in [0.3, 0.4) is 0 Å². The van der Waals surface area contributed by atoms with Crippen LogP contribution in [0.1, 0.15) is 25.3 Å². The Morgan fingerprint density at radius 1 is 1.42 bits per heavy atom. The minimum Gasteiger partial charge on any atom is -0.497 e. The number of nitrogens with one attached hydrogen (secondary N) is 1. The standard InChI is InChI=1S/C15H18N2O2/c1-10(9-17-11(2)18)13-6-7-16-15-5-4-12(19-3)8-14(13)15/h4-8,10H,9H2,1-3H3,(H,17,18). The Morgan fingerprint density at radius 2 is 2.21 bits per heavy atom. The number of benzene rings is 1. The Hall–Kier alpha value is -2.10. The molecule has 2 aromatic rings. The van der Waals surface area contributed by atoms with Crippen LogP contribution in [0.15, 0.2) is 30.5 Å². The Kier molecular flexibility index (Phi) is 4.00. The summed E-state index contributed by atoms with van der Waals surface area (Å²) in [7, 11) is 1.65. The van der Waals surface area contributed by atoms with E-state index in [-0.39, 0.29) is 11.8 Å². The molecule has 1 N–H and O–H groups in total. The zero-order valence-corrected chi connectivity index (χ0v) is 11.4. The lowest BCUT2D eigenvalue weighted by Gasteiger charge is -2.15. The van der Waals surface area contributed by atoms with Crippen molar-refractivity contribution < 1.29 is 9.53 Å². The van der Waals surface area contributed by atoms with Crippen molar-refractivity contribution in [3.63, 3.8) is 0 Å². The Bertz CT molecular complexity index is 596. The van der Waals surface area contributed by atoms with Gasteiger partial charge in [-0.2, -0.15) is 0 Å². The summed E-state index contributed by atoms with van der Waals surface area (Å²) in [6, 6.07) is 7.83. The van der Waals surface area contributed by atoms with Crippen molar-refractivity contribution in [2.75, 3.05) is 13.7 Å². The number of methoxy groups -OCH3 is 1. The van der Waals surface area contributed by atoms with Crippen LogP contribution in [0.4, 0.5) is 0 Å². The van der Waals surface area contributed by atoms with Gasteiger partial charge in [0.15, 0.2) is 0 Å². The minimum absolute atomic E-state index is 0.0113. The van der Waals surface area contributed by atoms with Gasteiger partial charge in [0.05, 0.1) is 12.6 Å². The van der Waals surface area contributed by atoms with Crippen molar-refractivity contribution in [2.24, 2.45) is 0 Å². The molecule has 0 bridgehead atoms. The second kappa shape index (κ2) is 5.69. The molecule has 0 aliphatic carbocycles. The van der Waals surface area contributed by atoms with Gasteiger partial charge in [-0.05, 0) is 35.7 Å². The van der Waals surface area contributed by atoms with Gasteiger partial charge in [0.25, 0.3) is 0 Å². The van der Waals surface area contributed by atoms with E-state index in [0.717, 1.165) is 22.2 Å². The predicted molar refractivity (Wildman–Crippen MR) is 75.4 cm³/mol. The maximum Gasteiger partial charge on any atom is 0.216 e. The molecule has 4 nitrogen and oxygen atoms in total. The predicted octanol–water partition coefficient (Wildman–Crippen LogP) is 2.48. The number of carbonyl (C=O) groups is 1. The summed E-state index contributed by atoms with van der Waals surface area (Å²) >= 11 is 0. The van der Waals surface area contributed by atoms with Crippen molar-refractivity contribution in [1.29, 1.82) is 0 Å². The van der Waals surface area contributed by atoms with Gasteiger partial charge < -0.3 is 10.1 Å². The third kappa shape index (κ3) is 3.02. The molecule has 0 spiro atoms. The van der Waals surface area contributed by atoms with E-state index in [4.69, 9.17) is 4.74 Å². The van der Waals surface area contributed by atoms with Gasteiger partial charge in [0.2, 0.25) is 5.91 Å². The number of rotatable bonds is 4. The summed E-state index contributed by atoms with van der Waals surface area (Å²) in [5.74, 6) is 1.03. The van der Waals surface area contributed by atoms with Crippen LogP contribution in [0.2, 0.25) is 0 Å². The first-order chi connectivity index (χ1) is 9.11. The zero-order chi connectivity index (χ0) is 13.8. The summed E-state index contributed by atoms with van der Waals surface area (Å²) in [4.78, 5) is 15.4. The molecular formula is C15H18N2O2. The second-order valence-corrected chi connectivity index (χ2v) is 4.62. The summed E-state index contributed by atoms with van der Waals surface area (Å²) < 4.78 is 5.26. The molecule has 0 saturated heterocycles. The molecule has 1 aromatic carbocycles. The highest BCUT2D eigenvalue weighted by molar-refractivity contribution is 5.84. The molecule has 1 heterocycles. The highest BCUT2D eigenvalue weighted by Gasteiger charge is 2.11. The number of aromatic nitrogens is 1. The topological polar surface area (TPSA) is 51.2 Å². The normalized spacial score (nSPS) is 12.2. The lowest BCUT2D eigenvalue weighted by molar-refractivity contribution is -0.119. The van der Waals surface area contributed by atoms with Crippen LogP contribution in [0, 0.1) is 0 Å². The van der Waals surface area contributed by atoms with E-state index in [1.54, 1.807) is 13.3 Å². The number of ether oxygens (including phenoxy) is 1. The number of nitrogens with zero attached hydrogens (tertiary/aromatic N) is 1. The Balaban J connectivity index is 2.38. The summed E-state index contributed by atoms with van der Waals surface area (Å²) in [6.07, 6.45) is 1.80. The van der Waals surface area contributed by atoms with Crippen LogP contribution in [0.25, 0.3) is 10.9 Å². The third-order valence-electron chi connectivity index (χ3n) is 3.17. The molecule has 4 heteroatoms. The number of carbonyl (C=O) groups excluding carboxylic acids is 1. The minimum atomic E-state index is -0.0113. The van der Waals surface area contributed by atoms with Gasteiger partial charge in [0, 0.05) is 25.1 Å². The number of hydrogen-bond acceptors (Lipinski definition) is 3. The van der Waals surface area contributed by atoms with E-state index in [1.807, 2.05) is 24.3 Å². The van der Waals surface area contributed by atoms with E-state index >= 15 is 0 Å². The van der Waals surface area contributed by atoms with E-state index in [9.17, 15) is 4.79 Å². The molecule has 0 aliphatic heterocycles. The first-order valence-electron chi connectivity index (χ1n) is 6.29. The highest BCUT2D eigenvalue weighted by Crippen LogP contribution is 2.27. The fourth-order valence-electron chi connectivity index (χ4n) is 2.11. The summed E-state index contributed by atoms with van der Waals surface area (Å²) in [6.45, 7) is 4.23. The average molecular weight is 258 g/mol. The number of pyridine rings is 1. The van der Waals surface area contributed by atoms with Gasteiger partial charge in [-0.1, -0.05) is 6.92 Å². The molecule has 1 aromatic heterocycles. The first kappa shape index (κ1) is 13.3. The van der Waals surface area contributed by atoms with Crippen molar-refractivity contribution in [1.82, 2.24) is 10.3 Å². The van der Waals surface area contributed by atoms with Crippen molar-refractivity contribution in [3.8, 4) is 5.75 Å². The van der Waals surface area contributed by atoms with Crippen molar-refractivity contribution in [3.05, 3.63) is 36.0 Å². The van der Waals surface area contributed by atoms with E-state index in [0.29, 0.717) is 6.54 Å². The van der Waals surface area contributed by atoms with Crippen LogP contribution >= 0.6 is 0 Å². The fraction of sp³-hybridized carbons (Fsp3) is 0.333. The van der Waals surface area contributed by atoms with Crippen molar-refractivity contribution >= 4 is 16.8 Å². The lowest BCUT2D eigenvalue weighted by atomic mass is 9.97. The maximum atomic E-state index is 11.0. The fourth-order valence-corrected chi connectivity index (χ4v) is 2.11. The molecule has 0 fully saturated rings. The van der Waals surface area contributed by atoms with Gasteiger partial charge in [0.1, 0.15) is 5.75 Å². The van der Waals surface area contributed by atoms with Gasteiger partial charge >= 0.3 is 0 Å². The van der Waals surface area contributed by atoms with E-state index in [1.165, 1.54) is 6.92 Å². The number of hydrogen-bond donors (Lipinski definition) is 1.